The molecule has 0 aliphatic rings. The van der Waals surface area contributed by atoms with E-state index in [2.05, 4.69) is 49.5 Å². The zero-order chi connectivity index (χ0) is 23.8. The molecule has 0 spiro atoms. The lowest BCUT2D eigenvalue weighted by Crippen LogP contribution is -2.46. The summed E-state index contributed by atoms with van der Waals surface area (Å²) in [5.41, 5.74) is 1.78. The number of ether oxygens (including phenoxy) is 2. The predicted molar refractivity (Wildman–Crippen MR) is 130 cm³/mol. The topological polar surface area (TPSA) is 88.0 Å². The van der Waals surface area contributed by atoms with E-state index in [-0.39, 0.29) is 18.2 Å². The number of nitrogens with one attached hydrogen (secondary N) is 1. The fourth-order valence-corrected chi connectivity index (χ4v) is 3.81. The van der Waals surface area contributed by atoms with Gasteiger partial charge in [-0.25, -0.2) is 4.79 Å². The molecule has 0 heterocycles. The predicted octanol–water partition coefficient (Wildman–Crippen LogP) is 4.35. The van der Waals surface area contributed by atoms with Crippen molar-refractivity contribution >= 4 is 16.7 Å². The van der Waals surface area contributed by atoms with Crippen LogP contribution in [0.15, 0.2) is 66.7 Å². The summed E-state index contributed by atoms with van der Waals surface area (Å²) in [4.78, 5) is 10.8. The van der Waals surface area contributed by atoms with E-state index in [0.717, 1.165) is 12.0 Å². The molecule has 0 radical (unpaired) electrons. The molecule has 0 saturated heterocycles. The number of β-amino-alcohol motifs (C(OH)–C–C–N with tert-alkyl or cyclic N) is 1. The van der Waals surface area contributed by atoms with E-state index in [1.807, 2.05) is 31.2 Å². The van der Waals surface area contributed by atoms with Gasteiger partial charge in [0.2, 0.25) is 0 Å². The largest absolute Gasteiger partial charge is 0.482 e. The van der Waals surface area contributed by atoms with Gasteiger partial charge in [0, 0.05) is 17.6 Å². The Balaban J connectivity index is 1.49. The lowest BCUT2D eigenvalue weighted by Gasteiger charge is -2.28. The SMILES string of the molecule is CC(OC[C@H](O)CNC(C)(C)Cc1ccc2ccccc2c1)c1ccccc1OCC(=O)O. The quantitative estimate of drug-likeness (QED) is 0.379. The van der Waals surface area contributed by atoms with Gasteiger partial charge in [-0.15, -0.1) is 0 Å². The second kappa shape index (κ2) is 11.3. The molecule has 0 aliphatic carbocycles. The van der Waals surface area contributed by atoms with Gasteiger partial charge in [0.15, 0.2) is 6.61 Å². The smallest absolute Gasteiger partial charge is 0.341 e. The van der Waals surface area contributed by atoms with Crippen molar-refractivity contribution in [3.8, 4) is 5.75 Å². The summed E-state index contributed by atoms with van der Waals surface area (Å²) in [6.07, 6.45) is -0.207. The van der Waals surface area contributed by atoms with Gasteiger partial charge in [-0.1, -0.05) is 60.7 Å². The molecular formula is C27H33NO5. The van der Waals surface area contributed by atoms with Crippen LogP contribution < -0.4 is 10.1 Å². The van der Waals surface area contributed by atoms with Crippen molar-refractivity contribution in [2.24, 2.45) is 0 Å². The molecule has 2 atom stereocenters. The summed E-state index contributed by atoms with van der Waals surface area (Å²) in [5, 5.41) is 25.2. The zero-order valence-corrected chi connectivity index (χ0v) is 19.5. The Morgan fingerprint density at radius 2 is 1.73 bits per heavy atom. The lowest BCUT2D eigenvalue weighted by molar-refractivity contribution is -0.139. The van der Waals surface area contributed by atoms with E-state index < -0.39 is 18.7 Å². The van der Waals surface area contributed by atoms with Crippen LogP contribution in [-0.4, -0.2) is 47.6 Å². The first-order valence-electron chi connectivity index (χ1n) is 11.2. The van der Waals surface area contributed by atoms with E-state index in [4.69, 9.17) is 14.6 Å². The van der Waals surface area contributed by atoms with Crippen LogP contribution in [0.2, 0.25) is 0 Å². The van der Waals surface area contributed by atoms with E-state index in [0.29, 0.717) is 12.3 Å². The van der Waals surface area contributed by atoms with Gasteiger partial charge in [0.1, 0.15) is 5.75 Å². The number of aliphatic hydroxyl groups is 1. The Bertz CT molecular complexity index is 1070. The summed E-state index contributed by atoms with van der Waals surface area (Å²) in [5.74, 6) is -0.567. The monoisotopic (exact) mass is 451 g/mol. The van der Waals surface area contributed by atoms with Gasteiger partial charge in [-0.05, 0) is 49.6 Å². The van der Waals surface area contributed by atoms with Crippen molar-refractivity contribution in [1.82, 2.24) is 5.32 Å². The van der Waals surface area contributed by atoms with E-state index in [1.54, 1.807) is 12.1 Å². The number of para-hydroxylation sites is 1. The molecule has 176 valence electrons. The standard InChI is InChI=1S/C27H33NO5/c1-19(24-10-6-7-11-25(24)33-18-26(30)31)32-17-23(29)16-28-27(2,3)15-20-12-13-21-8-4-5-9-22(21)14-20/h4-14,19,23,28-29H,15-18H2,1-3H3,(H,30,31)/t19?,23-/m1/s1. The van der Waals surface area contributed by atoms with E-state index >= 15 is 0 Å². The third-order valence-corrected chi connectivity index (χ3v) is 5.52. The van der Waals surface area contributed by atoms with Crippen LogP contribution in [0.25, 0.3) is 10.8 Å². The van der Waals surface area contributed by atoms with Crippen LogP contribution in [0.5, 0.6) is 5.75 Å². The van der Waals surface area contributed by atoms with Gasteiger partial charge in [-0.2, -0.15) is 0 Å². The number of fused-ring (bicyclic) bond motifs is 1. The molecular weight excluding hydrogens is 418 g/mol. The zero-order valence-electron chi connectivity index (χ0n) is 19.5. The number of rotatable bonds is 12. The molecule has 6 nitrogen and oxygen atoms in total. The second-order valence-electron chi connectivity index (χ2n) is 8.97. The molecule has 33 heavy (non-hydrogen) atoms. The minimum atomic E-state index is -1.04. The highest BCUT2D eigenvalue weighted by Crippen LogP contribution is 2.27. The molecule has 3 rings (SSSR count). The maximum atomic E-state index is 10.8. The van der Waals surface area contributed by atoms with Crippen molar-refractivity contribution < 1.29 is 24.5 Å². The molecule has 0 saturated carbocycles. The number of aliphatic hydroxyl groups excluding tert-OH is 1. The number of hydrogen-bond donors (Lipinski definition) is 3. The summed E-state index contributed by atoms with van der Waals surface area (Å²) < 4.78 is 11.2. The molecule has 3 aromatic rings. The van der Waals surface area contributed by atoms with Gasteiger partial charge in [0.25, 0.3) is 0 Å². The Morgan fingerprint density at radius 3 is 2.48 bits per heavy atom. The number of carboxylic acids is 1. The normalized spacial score (nSPS) is 13.6. The van der Waals surface area contributed by atoms with E-state index in [9.17, 15) is 9.90 Å². The van der Waals surface area contributed by atoms with Crippen LogP contribution >= 0.6 is 0 Å². The Labute approximate surface area is 195 Å². The third-order valence-electron chi connectivity index (χ3n) is 5.52. The number of carbonyl (C=O) groups is 1. The average Bonchev–Trinajstić information content (AvgIpc) is 2.79. The molecule has 1 unspecified atom stereocenters. The number of aliphatic carboxylic acids is 1. The molecule has 0 aliphatic heterocycles. The maximum absolute atomic E-state index is 10.8. The van der Waals surface area contributed by atoms with Crippen LogP contribution in [0.4, 0.5) is 0 Å². The summed E-state index contributed by atoms with van der Waals surface area (Å²) in [7, 11) is 0. The molecule has 0 aromatic heterocycles. The highest BCUT2D eigenvalue weighted by atomic mass is 16.5. The number of carboxylic acid groups (broad SMARTS) is 1. The fraction of sp³-hybridized carbons (Fsp3) is 0.370. The first kappa shape index (κ1) is 24.7. The van der Waals surface area contributed by atoms with Gasteiger partial charge in [-0.3, -0.25) is 0 Å². The Hall–Kier alpha value is -2.93. The van der Waals surface area contributed by atoms with Crippen LogP contribution in [-0.2, 0) is 16.0 Å². The second-order valence-corrected chi connectivity index (χ2v) is 8.97. The average molecular weight is 452 g/mol. The van der Waals surface area contributed by atoms with Gasteiger partial charge in [0.05, 0.1) is 18.8 Å². The van der Waals surface area contributed by atoms with Crippen molar-refractivity contribution in [2.45, 2.75) is 44.9 Å². The minimum Gasteiger partial charge on any atom is -0.482 e. The minimum absolute atomic E-state index is 0.146. The number of hydrogen-bond acceptors (Lipinski definition) is 5. The first-order valence-corrected chi connectivity index (χ1v) is 11.2. The van der Waals surface area contributed by atoms with E-state index in [1.165, 1.54) is 16.3 Å². The molecule has 0 amide bonds. The Morgan fingerprint density at radius 1 is 1.03 bits per heavy atom. The highest BCUT2D eigenvalue weighted by molar-refractivity contribution is 5.83. The summed E-state index contributed by atoms with van der Waals surface area (Å²) in [6, 6.07) is 22.0. The summed E-state index contributed by atoms with van der Waals surface area (Å²) in [6.45, 7) is 6.22. The van der Waals surface area contributed by atoms with Crippen molar-refractivity contribution in [1.29, 1.82) is 0 Å². The molecule has 3 N–H and O–H groups in total. The van der Waals surface area contributed by atoms with Crippen LogP contribution in [0.3, 0.4) is 0 Å². The molecule has 6 heteroatoms. The lowest BCUT2D eigenvalue weighted by atomic mass is 9.93. The van der Waals surface area contributed by atoms with Crippen molar-refractivity contribution in [2.75, 3.05) is 19.8 Å². The number of benzene rings is 3. The van der Waals surface area contributed by atoms with Crippen molar-refractivity contribution in [3.05, 3.63) is 77.9 Å². The van der Waals surface area contributed by atoms with Crippen LogP contribution in [0.1, 0.15) is 38.0 Å². The Kier molecular flexibility index (Phi) is 8.44. The molecule has 0 bridgehead atoms. The first-order chi connectivity index (χ1) is 15.7. The molecule has 3 aromatic carbocycles. The third kappa shape index (κ3) is 7.56. The summed E-state index contributed by atoms with van der Waals surface area (Å²) >= 11 is 0. The van der Waals surface area contributed by atoms with Gasteiger partial charge >= 0.3 is 5.97 Å². The highest BCUT2D eigenvalue weighted by Gasteiger charge is 2.20. The van der Waals surface area contributed by atoms with Crippen molar-refractivity contribution in [3.63, 3.8) is 0 Å². The fourth-order valence-electron chi connectivity index (χ4n) is 3.81. The molecule has 0 fully saturated rings. The van der Waals surface area contributed by atoms with Gasteiger partial charge < -0.3 is 25.0 Å². The maximum Gasteiger partial charge on any atom is 0.341 e. The van der Waals surface area contributed by atoms with Crippen LogP contribution in [0, 0.1) is 0 Å².